The third kappa shape index (κ3) is 4.10. The number of aromatic nitrogens is 2. The van der Waals surface area contributed by atoms with Gasteiger partial charge in [-0.2, -0.15) is 5.10 Å². The fourth-order valence-corrected chi connectivity index (χ4v) is 3.83. The number of benzene rings is 1. The van der Waals surface area contributed by atoms with Gasteiger partial charge in [-0.25, -0.2) is 0 Å². The van der Waals surface area contributed by atoms with Crippen LogP contribution < -0.4 is 14.8 Å². The molecule has 0 fully saturated rings. The van der Waals surface area contributed by atoms with Crippen molar-refractivity contribution in [3.8, 4) is 11.5 Å². The summed E-state index contributed by atoms with van der Waals surface area (Å²) in [6.45, 7) is 3.33. The lowest BCUT2D eigenvalue weighted by atomic mass is 9.94. The fourth-order valence-electron chi connectivity index (χ4n) is 3.83. The minimum Gasteiger partial charge on any atom is -0.490 e. The molecule has 2 aliphatic rings. The number of hydrogen-bond donors (Lipinski definition) is 2. The van der Waals surface area contributed by atoms with Crippen molar-refractivity contribution in [1.82, 2.24) is 15.5 Å². The molecule has 1 aromatic carbocycles. The van der Waals surface area contributed by atoms with Gasteiger partial charge >= 0.3 is 0 Å². The molecule has 0 saturated heterocycles. The summed E-state index contributed by atoms with van der Waals surface area (Å²) >= 11 is 0. The number of carbonyl (C=O) groups is 1. The lowest BCUT2D eigenvalue weighted by Crippen LogP contribution is -2.27. The number of fused-ring (bicyclic) bond motifs is 2. The Morgan fingerprint density at radius 2 is 2.00 bits per heavy atom. The topological polar surface area (TPSA) is 76.2 Å². The second-order valence-electron chi connectivity index (χ2n) is 7.38. The number of aryl methyl sites for hydroxylation is 2. The lowest BCUT2D eigenvalue weighted by Gasteiger charge is -2.16. The number of hydrogen-bond acceptors (Lipinski definition) is 4. The van der Waals surface area contributed by atoms with Crippen LogP contribution in [0, 0.1) is 0 Å². The van der Waals surface area contributed by atoms with E-state index in [0.717, 1.165) is 42.0 Å². The van der Waals surface area contributed by atoms with Gasteiger partial charge in [0.25, 0.3) is 0 Å². The summed E-state index contributed by atoms with van der Waals surface area (Å²) in [7, 11) is 0. The number of rotatable bonds is 5. The van der Waals surface area contributed by atoms with Crippen LogP contribution in [0.3, 0.4) is 0 Å². The quantitative estimate of drug-likeness (QED) is 0.848. The Hall–Kier alpha value is -2.50. The van der Waals surface area contributed by atoms with E-state index in [0.29, 0.717) is 26.1 Å². The van der Waals surface area contributed by atoms with Crippen molar-refractivity contribution >= 4 is 5.91 Å². The van der Waals surface area contributed by atoms with Gasteiger partial charge in [-0.05, 0) is 55.9 Å². The molecule has 144 valence electrons. The standard InChI is InChI=1S/C21H27N3O3/c1-14(15-7-9-19-20(13-15)27-12-4-11-26-19)22-21(25)10-8-18-16-5-2-3-6-17(16)23-24-18/h7,9,13-14H,2-6,8,10-12H2,1H3,(H,22,25)(H,23,24). The average molecular weight is 369 g/mol. The maximum absolute atomic E-state index is 12.4. The number of aromatic amines is 1. The van der Waals surface area contributed by atoms with Gasteiger partial charge in [0.15, 0.2) is 11.5 Å². The van der Waals surface area contributed by atoms with Gasteiger partial charge in [0.1, 0.15) is 0 Å². The first-order chi connectivity index (χ1) is 13.2. The van der Waals surface area contributed by atoms with Gasteiger partial charge in [-0.15, -0.1) is 0 Å². The zero-order valence-corrected chi connectivity index (χ0v) is 15.8. The lowest BCUT2D eigenvalue weighted by molar-refractivity contribution is -0.121. The molecule has 1 atom stereocenters. The minimum absolute atomic E-state index is 0.0437. The predicted octanol–water partition coefficient (Wildman–Crippen LogP) is 3.26. The number of nitrogens with one attached hydrogen (secondary N) is 2. The van der Waals surface area contributed by atoms with E-state index in [1.807, 2.05) is 25.1 Å². The van der Waals surface area contributed by atoms with Crippen LogP contribution in [-0.2, 0) is 24.1 Å². The highest BCUT2D eigenvalue weighted by Gasteiger charge is 2.19. The van der Waals surface area contributed by atoms with Crippen LogP contribution in [0.15, 0.2) is 18.2 Å². The Bertz CT molecular complexity index is 815. The molecule has 4 rings (SSSR count). The molecular weight excluding hydrogens is 342 g/mol. The van der Waals surface area contributed by atoms with Crippen LogP contribution in [0.25, 0.3) is 0 Å². The molecule has 1 aliphatic carbocycles. The first kappa shape index (κ1) is 17.9. The van der Waals surface area contributed by atoms with Gasteiger partial charge in [0, 0.05) is 25.0 Å². The molecular formula is C21H27N3O3. The number of H-pyrrole nitrogens is 1. The fraction of sp³-hybridized carbons (Fsp3) is 0.524. The maximum atomic E-state index is 12.4. The third-order valence-electron chi connectivity index (χ3n) is 5.38. The number of ether oxygens (including phenoxy) is 2. The largest absolute Gasteiger partial charge is 0.490 e. The Kier molecular flexibility index (Phi) is 5.32. The number of nitrogens with zero attached hydrogens (tertiary/aromatic N) is 1. The van der Waals surface area contributed by atoms with Crippen LogP contribution in [0.5, 0.6) is 11.5 Å². The second-order valence-corrected chi connectivity index (χ2v) is 7.38. The van der Waals surface area contributed by atoms with E-state index in [2.05, 4.69) is 15.5 Å². The van der Waals surface area contributed by atoms with Crippen molar-refractivity contribution in [2.45, 2.75) is 57.9 Å². The van der Waals surface area contributed by atoms with Gasteiger partial charge in [-0.3, -0.25) is 9.89 Å². The molecule has 6 nitrogen and oxygen atoms in total. The normalized spacial score (nSPS) is 16.9. The molecule has 1 amide bonds. The molecule has 0 spiro atoms. The van der Waals surface area contributed by atoms with Gasteiger partial charge in [-0.1, -0.05) is 6.07 Å². The van der Waals surface area contributed by atoms with E-state index in [1.165, 1.54) is 24.1 Å². The van der Waals surface area contributed by atoms with Gasteiger partial charge < -0.3 is 14.8 Å². The van der Waals surface area contributed by atoms with E-state index in [1.54, 1.807) is 0 Å². The Balaban J connectivity index is 1.34. The summed E-state index contributed by atoms with van der Waals surface area (Å²) in [6.07, 6.45) is 6.62. The zero-order chi connectivity index (χ0) is 18.6. The monoisotopic (exact) mass is 369 g/mol. The molecule has 0 bridgehead atoms. The molecule has 1 unspecified atom stereocenters. The molecule has 2 heterocycles. The molecule has 0 saturated carbocycles. The summed E-state index contributed by atoms with van der Waals surface area (Å²) in [6, 6.07) is 5.80. The molecule has 6 heteroatoms. The highest BCUT2D eigenvalue weighted by molar-refractivity contribution is 5.76. The SMILES string of the molecule is CC(NC(=O)CCc1n[nH]c2c1CCCC2)c1ccc2c(c1)OCCCO2. The highest BCUT2D eigenvalue weighted by atomic mass is 16.5. The summed E-state index contributed by atoms with van der Waals surface area (Å²) in [5.41, 5.74) is 4.68. The van der Waals surface area contributed by atoms with E-state index >= 15 is 0 Å². The van der Waals surface area contributed by atoms with E-state index in [4.69, 9.17) is 9.47 Å². The van der Waals surface area contributed by atoms with Crippen LogP contribution in [-0.4, -0.2) is 29.3 Å². The smallest absolute Gasteiger partial charge is 0.220 e. The first-order valence-electron chi connectivity index (χ1n) is 9.94. The van der Waals surface area contributed by atoms with Crippen LogP contribution in [0.4, 0.5) is 0 Å². The number of carbonyl (C=O) groups excluding carboxylic acids is 1. The minimum atomic E-state index is -0.0808. The van der Waals surface area contributed by atoms with Crippen molar-refractivity contribution in [1.29, 1.82) is 0 Å². The molecule has 2 aromatic rings. The zero-order valence-electron chi connectivity index (χ0n) is 15.8. The molecule has 0 radical (unpaired) electrons. The summed E-state index contributed by atoms with van der Waals surface area (Å²) in [5, 5.41) is 10.7. The van der Waals surface area contributed by atoms with Crippen molar-refractivity contribution < 1.29 is 14.3 Å². The highest BCUT2D eigenvalue weighted by Crippen LogP contribution is 2.32. The molecule has 27 heavy (non-hydrogen) atoms. The molecule has 1 aliphatic heterocycles. The van der Waals surface area contributed by atoms with Crippen molar-refractivity contribution in [2.75, 3.05) is 13.2 Å². The molecule has 2 N–H and O–H groups in total. The Morgan fingerprint density at radius 3 is 2.89 bits per heavy atom. The van der Waals surface area contributed by atoms with E-state index in [9.17, 15) is 4.79 Å². The second kappa shape index (κ2) is 8.03. The average Bonchev–Trinajstić information content (AvgIpc) is 2.94. The molecule has 1 aromatic heterocycles. The summed E-state index contributed by atoms with van der Waals surface area (Å²) in [5.74, 6) is 1.58. The van der Waals surface area contributed by atoms with Crippen LogP contribution in [0.1, 0.15) is 61.2 Å². The predicted molar refractivity (Wildman–Crippen MR) is 102 cm³/mol. The summed E-state index contributed by atoms with van der Waals surface area (Å²) < 4.78 is 11.4. The van der Waals surface area contributed by atoms with E-state index in [-0.39, 0.29) is 11.9 Å². The Labute approximate surface area is 159 Å². The van der Waals surface area contributed by atoms with Crippen molar-refractivity contribution in [3.05, 3.63) is 40.7 Å². The van der Waals surface area contributed by atoms with Gasteiger partial charge in [0.2, 0.25) is 5.91 Å². The maximum Gasteiger partial charge on any atom is 0.220 e. The Morgan fingerprint density at radius 1 is 1.19 bits per heavy atom. The third-order valence-corrected chi connectivity index (χ3v) is 5.38. The van der Waals surface area contributed by atoms with Crippen LogP contribution >= 0.6 is 0 Å². The van der Waals surface area contributed by atoms with E-state index < -0.39 is 0 Å². The summed E-state index contributed by atoms with van der Waals surface area (Å²) in [4.78, 5) is 12.4. The van der Waals surface area contributed by atoms with Gasteiger partial charge in [0.05, 0.1) is 24.9 Å². The number of amides is 1. The van der Waals surface area contributed by atoms with Crippen molar-refractivity contribution in [3.63, 3.8) is 0 Å². The first-order valence-corrected chi connectivity index (χ1v) is 9.94. The van der Waals surface area contributed by atoms with Crippen molar-refractivity contribution in [2.24, 2.45) is 0 Å². The van der Waals surface area contributed by atoms with Crippen LogP contribution in [0.2, 0.25) is 0 Å².